The summed E-state index contributed by atoms with van der Waals surface area (Å²) in [7, 11) is 0. The average molecular weight is 977 g/mol. The predicted octanol–water partition coefficient (Wildman–Crippen LogP) is 4.17. The molecule has 2 N–H and O–H groups in total. The van der Waals surface area contributed by atoms with Gasteiger partial charge < -0.3 is 43.4 Å². The molecule has 15 atom stereocenters. The molecule has 1 heterocycles. The second kappa shape index (κ2) is 17.2. The van der Waals surface area contributed by atoms with Crippen LogP contribution in [0, 0.1) is 45.3 Å². The van der Waals surface area contributed by atoms with Gasteiger partial charge in [-0.1, -0.05) is 59.8 Å². The van der Waals surface area contributed by atoms with E-state index in [0.29, 0.717) is 11.9 Å². The van der Waals surface area contributed by atoms with Crippen LogP contribution in [0.4, 0.5) is 0 Å². The Labute approximate surface area is 406 Å². The molecule has 0 radical (unpaired) electrons. The zero-order chi connectivity index (χ0) is 52.3. The molecule has 1 aliphatic heterocycles. The molecule has 0 aromatic heterocycles. The standard InChI is InChI=1S/C52H64O18/c1-22-35(61)19-52(63)44(68-27(6)57)39-33-21-64-42-32(31(33)15-16-49(39,13)45(69-28(7)58)40(65-24(3)54)36(22)47(52,9)10)17-30(20-53)38-43(67-26(5)56)51(62)18-34(60)23(2)37(48(51,11)12)41(66-25(4)55)46(50(38,42)14)70-29(8)59/h15-17,20-21,31-32,38-46,62-63H,18-19H2,1-14H3/t31?,32?,38-,39-,40+,41+,42?,43-,44-,45-,46-,49+,50-,51+,52+/m0/s1. The Hall–Kier alpha value is -5.75. The summed E-state index contributed by atoms with van der Waals surface area (Å²) in [5, 5.41) is 26.6. The highest BCUT2D eigenvalue weighted by molar-refractivity contribution is 5.99. The van der Waals surface area contributed by atoms with Gasteiger partial charge in [-0.25, -0.2) is 0 Å². The van der Waals surface area contributed by atoms with E-state index in [9.17, 15) is 53.4 Å². The van der Waals surface area contributed by atoms with Crippen molar-refractivity contribution in [2.24, 2.45) is 45.3 Å². The van der Waals surface area contributed by atoms with Crippen LogP contribution in [0.25, 0.3) is 0 Å². The summed E-state index contributed by atoms with van der Waals surface area (Å²) in [5.74, 6) is -10.7. The lowest BCUT2D eigenvalue weighted by atomic mass is 9.44. The van der Waals surface area contributed by atoms with Gasteiger partial charge in [-0.2, -0.15) is 0 Å². The van der Waals surface area contributed by atoms with E-state index >= 15 is 0 Å². The van der Waals surface area contributed by atoms with E-state index in [0.717, 1.165) is 41.5 Å². The fraction of sp³-hybridized carbons (Fsp3) is 0.635. The van der Waals surface area contributed by atoms with Crippen molar-refractivity contribution in [3.63, 3.8) is 0 Å². The first-order chi connectivity index (χ1) is 32.3. The Morgan fingerprint density at radius 1 is 0.614 bits per heavy atom. The Bertz CT molecular complexity index is 2540. The van der Waals surface area contributed by atoms with Gasteiger partial charge in [-0.05, 0) is 47.3 Å². The molecule has 2 fully saturated rings. The SMILES string of the molecule is CC(=O)O[C@@H]1C2=C(C)C(=O)C[C@@](O)([C@@H](OC(C)=O)[C@@H]3C4=COC5C(C=C(C=O)[C@H]6[C@H](OC(C)=O)[C@]7(O)CC(=O)C(C)=C([C@@H](OC(C)=O)[C@H](OC(C)=O)[C@]56C)C7(C)C)C4C=C[C@@]3(C)[C@H]1OC(C)=O)C2(C)C. The number of fused-ring (bicyclic) bond motifs is 11. The number of aldehydes is 1. The van der Waals surface area contributed by atoms with Crippen LogP contribution < -0.4 is 0 Å². The van der Waals surface area contributed by atoms with E-state index in [1.54, 1.807) is 59.8 Å². The number of rotatable bonds is 7. The molecular formula is C52H64O18. The van der Waals surface area contributed by atoms with Crippen molar-refractivity contribution in [2.75, 3.05) is 0 Å². The van der Waals surface area contributed by atoms with Gasteiger partial charge in [-0.15, -0.1) is 0 Å². The summed E-state index contributed by atoms with van der Waals surface area (Å²) in [6, 6.07) is 0. The number of Topliss-reactive ketones (excluding diaryl/α,β-unsaturated/α-hetero) is 2. The normalized spacial score (nSPS) is 39.9. The fourth-order valence-electron chi connectivity index (χ4n) is 13.8. The first kappa shape index (κ1) is 52.1. The summed E-state index contributed by atoms with van der Waals surface area (Å²) < 4.78 is 43.9. The third-order valence-corrected chi connectivity index (χ3v) is 17.0. The summed E-state index contributed by atoms with van der Waals surface area (Å²) in [6.07, 6.45) is -4.97. The number of aliphatic hydroxyl groups is 2. The largest absolute Gasteiger partial charge is 0.497 e. The minimum atomic E-state index is -2.29. The fourth-order valence-corrected chi connectivity index (χ4v) is 13.8. The van der Waals surface area contributed by atoms with Crippen LogP contribution in [0.5, 0.6) is 0 Å². The molecule has 6 aliphatic carbocycles. The Morgan fingerprint density at radius 2 is 1.01 bits per heavy atom. The highest BCUT2D eigenvalue weighted by atomic mass is 16.6. The lowest BCUT2D eigenvalue weighted by Gasteiger charge is -2.64. The van der Waals surface area contributed by atoms with Gasteiger partial charge in [0.15, 0.2) is 36.0 Å². The number of allylic oxidation sites excluding steroid dienone is 3. The van der Waals surface area contributed by atoms with Crippen LogP contribution in [0.15, 0.2) is 57.9 Å². The molecule has 4 bridgehead atoms. The van der Waals surface area contributed by atoms with E-state index in [1.807, 2.05) is 0 Å². The van der Waals surface area contributed by atoms with Gasteiger partial charge in [0.05, 0.1) is 11.7 Å². The number of ketones is 2. The van der Waals surface area contributed by atoms with Crippen LogP contribution in [0.3, 0.4) is 0 Å². The minimum absolute atomic E-state index is 0.0727. The van der Waals surface area contributed by atoms with Gasteiger partial charge in [0.1, 0.15) is 35.8 Å². The zero-order valence-corrected chi connectivity index (χ0v) is 42.1. The van der Waals surface area contributed by atoms with Gasteiger partial charge in [0.2, 0.25) is 0 Å². The number of carbonyl (C=O) groups is 9. The molecule has 70 heavy (non-hydrogen) atoms. The van der Waals surface area contributed by atoms with E-state index < -0.39 is 159 Å². The zero-order valence-electron chi connectivity index (χ0n) is 42.1. The molecular weight excluding hydrogens is 913 g/mol. The summed E-state index contributed by atoms with van der Waals surface area (Å²) in [4.78, 5) is 122. The molecule has 0 amide bonds. The molecule has 2 saturated carbocycles. The molecule has 18 heteroatoms. The molecule has 0 aromatic carbocycles. The third-order valence-electron chi connectivity index (χ3n) is 17.0. The molecule has 7 aliphatic rings. The number of hydrogen-bond acceptors (Lipinski definition) is 18. The quantitative estimate of drug-likeness (QED) is 0.157. The Kier molecular flexibility index (Phi) is 12.8. The van der Waals surface area contributed by atoms with Crippen molar-refractivity contribution in [1.82, 2.24) is 0 Å². The van der Waals surface area contributed by atoms with E-state index in [-0.39, 0.29) is 27.9 Å². The molecule has 7 rings (SSSR count). The lowest BCUT2D eigenvalue weighted by Crippen LogP contribution is -2.73. The highest BCUT2D eigenvalue weighted by Crippen LogP contribution is 2.67. The van der Waals surface area contributed by atoms with Crippen molar-refractivity contribution in [1.29, 1.82) is 0 Å². The van der Waals surface area contributed by atoms with E-state index in [1.165, 1.54) is 20.1 Å². The molecule has 18 nitrogen and oxygen atoms in total. The van der Waals surface area contributed by atoms with Gasteiger partial charge in [0, 0.05) is 94.3 Å². The minimum Gasteiger partial charge on any atom is -0.497 e. The molecule has 0 saturated heterocycles. The molecule has 3 unspecified atom stereocenters. The van der Waals surface area contributed by atoms with Crippen molar-refractivity contribution in [3.8, 4) is 0 Å². The third kappa shape index (κ3) is 7.43. The van der Waals surface area contributed by atoms with E-state index in [2.05, 4.69) is 0 Å². The molecule has 0 spiro atoms. The second-order valence-corrected chi connectivity index (χ2v) is 21.7. The maximum absolute atomic E-state index is 14.2. The topological polar surface area (TPSA) is 259 Å². The van der Waals surface area contributed by atoms with Gasteiger partial charge in [-0.3, -0.25) is 43.2 Å². The number of carbonyl (C=O) groups excluding carboxylic acids is 9. The van der Waals surface area contributed by atoms with Crippen LogP contribution >= 0.6 is 0 Å². The number of ether oxygens (including phenoxy) is 7. The van der Waals surface area contributed by atoms with Gasteiger partial charge >= 0.3 is 35.8 Å². The average Bonchev–Trinajstić information content (AvgIpc) is 3.22. The van der Waals surface area contributed by atoms with Crippen molar-refractivity contribution < 1.29 is 86.5 Å². The van der Waals surface area contributed by atoms with Crippen molar-refractivity contribution in [3.05, 3.63) is 57.9 Å². The van der Waals surface area contributed by atoms with Crippen LogP contribution in [0.1, 0.15) is 110 Å². The molecule has 0 aromatic rings. The van der Waals surface area contributed by atoms with Crippen molar-refractivity contribution >= 4 is 53.7 Å². The Morgan fingerprint density at radius 3 is 1.44 bits per heavy atom. The van der Waals surface area contributed by atoms with Crippen LogP contribution in [0.2, 0.25) is 0 Å². The number of esters is 6. The monoisotopic (exact) mass is 976 g/mol. The first-order valence-corrected chi connectivity index (χ1v) is 23.5. The number of hydrogen-bond donors (Lipinski definition) is 2. The molecule has 380 valence electrons. The maximum Gasteiger partial charge on any atom is 0.303 e. The van der Waals surface area contributed by atoms with E-state index in [4.69, 9.17) is 33.2 Å². The lowest BCUT2D eigenvalue weighted by molar-refractivity contribution is -0.250. The maximum atomic E-state index is 14.2. The second-order valence-electron chi connectivity index (χ2n) is 21.7. The predicted molar refractivity (Wildman–Crippen MR) is 242 cm³/mol. The summed E-state index contributed by atoms with van der Waals surface area (Å²) in [5.41, 5.74) is -10.3. The first-order valence-electron chi connectivity index (χ1n) is 23.5. The van der Waals surface area contributed by atoms with Crippen molar-refractivity contribution in [2.45, 2.75) is 164 Å². The highest BCUT2D eigenvalue weighted by Gasteiger charge is 2.74. The van der Waals surface area contributed by atoms with Gasteiger partial charge in [0.25, 0.3) is 0 Å². The Balaban J connectivity index is 1.57. The van der Waals surface area contributed by atoms with Crippen LogP contribution in [-0.4, -0.2) is 118 Å². The smallest absolute Gasteiger partial charge is 0.303 e. The summed E-state index contributed by atoms with van der Waals surface area (Å²) in [6.45, 7) is 19.5. The van der Waals surface area contributed by atoms with Crippen LogP contribution in [-0.2, 0) is 76.3 Å². The summed E-state index contributed by atoms with van der Waals surface area (Å²) >= 11 is 0.